The standard InChI is InChI=1S/C3H2Cl2O4.BO3.3Li/c4-3(5,1(6)7)2(8)9;2-1(3)4;;;/h(H,6,7)(H,8,9);;;;/q;-3;3*+1. The fourth-order valence-corrected chi connectivity index (χ4v) is 0.0915. The van der Waals surface area contributed by atoms with Crippen molar-refractivity contribution in [1.82, 2.24) is 0 Å². The normalized spacial score (nSPS) is 7.81. The van der Waals surface area contributed by atoms with Gasteiger partial charge in [0.15, 0.2) is 0 Å². The monoisotopic (exact) mass is 252 g/mol. The second-order valence-corrected chi connectivity index (χ2v) is 2.80. The Bertz CT molecular complexity index is 185. The van der Waals surface area contributed by atoms with E-state index in [1.807, 2.05) is 0 Å². The molecule has 0 saturated heterocycles. The van der Waals surface area contributed by atoms with Gasteiger partial charge in [-0.3, -0.25) is 7.32 Å². The van der Waals surface area contributed by atoms with Crippen LogP contribution in [0.2, 0.25) is 0 Å². The fourth-order valence-electron chi connectivity index (χ4n) is 0.0915. The van der Waals surface area contributed by atoms with E-state index in [4.69, 9.17) is 48.5 Å². The van der Waals surface area contributed by atoms with Gasteiger partial charge in [0, 0.05) is 0 Å². The molecular weight excluding hydrogens is 251 g/mol. The summed E-state index contributed by atoms with van der Waals surface area (Å²) in [6, 6.07) is 0. The molecule has 0 amide bonds. The predicted molar refractivity (Wildman–Crippen MR) is 35.5 cm³/mol. The number of carboxylic acids is 2. The Morgan fingerprint density at radius 1 is 0.938 bits per heavy atom. The van der Waals surface area contributed by atoms with Crippen molar-refractivity contribution in [1.29, 1.82) is 0 Å². The van der Waals surface area contributed by atoms with Crippen molar-refractivity contribution in [2.24, 2.45) is 0 Å². The smallest absolute Gasteiger partial charge is 0.907 e. The van der Waals surface area contributed by atoms with Crippen LogP contribution in [0.25, 0.3) is 0 Å². The molecule has 2 N–H and O–H groups in total. The molecule has 0 saturated carbocycles. The maximum absolute atomic E-state index is 9.82. The first-order valence-electron chi connectivity index (χ1n) is 2.44. The number of aliphatic carboxylic acids is 2. The Kier molecular flexibility index (Phi) is 27.2. The van der Waals surface area contributed by atoms with Crippen molar-refractivity contribution in [2.75, 3.05) is 0 Å². The van der Waals surface area contributed by atoms with Crippen LogP contribution in [-0.4, -0.2) is 33.8 Å². The third kappa shape index (κ3) is 17.6. The molecule has 0 aromatic heterocycles. The molecule has 0 fully saturated rings. The van der Waals surface area contributed by atoms with Crippen LogP contribution < -0.4 is 71.7 Å². The van der Waals surface area contributed by atoms with E-state index in [-0.39, 0.29) is 56.6 Å². The SMILES string of the molecule is O=C(O)C(Cl)(Cl)C(=O)O.[Li+].[Li+].[Li+].[O-]B([O-])[O-]. The van der Waals surface area contributed by atoms with Crippen molar-refractivity contribution in [3.05, 3.63) is 0 Å². The maximum Gasteiger partial charge on any atom is 1.00 e. The van der Waals surface area contributed by atoms with Gasteiger partial charge >= 0.3 is 72.9 Å². The summed E-state index contributed by atoms with van der Waals surface area (Å²) < 4.78 is -2.72. The molecule has 0 bridgehead atoms. The summed E-state index contributed by atoms with van der Waals surface area (Å²) in [6.45, 7) is 0. The summed E-state index contributed by atoms with van der Waals surface area (Å²) in [5.74, 6) is -3.59. The second kappa shape index (κ2) is 14.3. The number of hydrogen-bond acceptors (Lipinski definition) is 5. The van der Waals surface area contributed by atoms with Crippen LogP contribution in [-0.2, 0) is 9.59 Å². The minimum atomic E-state index is -2.92. The van der Waals surface area contributed by atoms with Crippen molar-refractivity contribution in [3.8, 4) is 0 Å². The number of rotatable bonds is 2. The Morgan fingerprint density at radius 3 is 1.06 bits per heavy atom. The molecule has 0 aromatic rings. The van der Waals surface area contributed by atoms with Gasteiger partial charge in [-0.15, -0.1) is 0 Å². The van der Waals surface area contributed by atoms with Gasteiger partial charge < -0.3 is 25.3 Å². The molecule has 0 atom stereocenters. The molecule has 0 spiro atoms. The molecule has 16 heavy (non-hydrogen) atoms. The molecule has 76 valence electrons. The topological polar surface area (TPSA) is 144 Å². The summed E-state index contributed by atoms with van der Waals surface area (Å²) in [5, 5.41) is 41.2. The summed E-state index contributed by atoms with van der Waals surface area (Å²) in [7, 11) is -2.92. The van der Waals surface area contributed by atoms with Gasteiger partial charge in [-0.1, -0.05) is 23.2 Å². The van der Waals surface area contributed by atoms with Crippen molar-refractivity contribution in [2.45, 2.75) is 4.33 Å². The fraction of sp³-hybridized carbons (Fsp3) is 0.333. The Hall–Kier alpha value is 1.26. The van der Waals surface area contributed by atoms with E-state index in [0.29, 0.717) is 0 Å². The Labute approximate surface area is 137 Å². The molecular formula is C3H2BCl2Li3O7. The van der Waals surface area contributed by atoms with E-state index < -0.39 is 23.6 Å². The van der Waals surface area contributed by atoms with Crippen LogP contribution >= 0.6 is 23.2 Å². The number of halogens is 2. The number of carbonyl (C=O) groups is 2. The third-order valence-corrected chi connectivity index (χ3v) is 1.18. The molecule has 0 rings (SSSR count). The van der Waals surface area contributed by atoms with E-state index >= 15 is 0 Å². The quantitative estimate of drug-likeness (QED) is 0.282. The van der Waals surface area contributed by atoms with Crippen LogP contribution in [0, 0.1) is 0 Å². The van der Waals surface area contributed by atoms with Gasteiger partial charge in [0.2, 0.25) is 0 Å². The van der Waals surface area contributed by atoms with E-state index in [1.54, 1.807) is 0 Å². The molecule has 0 aliphatic heterocycles. The van der Waals surface area contributed by atoms with Gasteiger partial charge in [0.25, 0.3) is 0 Å². The van der Waals surface area contributed by atoms with Gasteiger partial charge in [0.1, 0.15) is 0 Å². The zero-order chi connectivity index (χ0) is 11.2. The predicted octanol–water partition coefficient (Wildman–Crippen LogP) is -12.6. The molecule has 0 unspecified atom stereocenters. The number of hydrogen-bond donors (Lipinski definition) is 2. The molecule has 0 radical (unpaired) electrons. The van der Waals surface area contributed by atoms with Gasteiger partial charge in [-0.05, 0) is 0 Å². The minimum absolute atomic E-state index is 0. The van der Waals surface area contributed by atoms with Crippen LogP contribution in [0.3, 0.4) is 0 Å². The maximum atomic E-state index is 9.82. The Morgan fingerprint density at radius 2 is 1.06 bits per heavy atom. The summed E-state index contributed by atoms with van der Waals surface area (Å²) in [6.07, 6.45) is 0. The largest absolute Gasteiger partial charge is 1.00 e. The molecule has 13 heteroatoms. The minimum Gasteiger partial charge on any atom is -0.907 e. The molecule has 7 nitrogen and oxygen atoms in total. The van der Waals surface area contributed by atoms with Crippen molar-refractivity contribution in [3.63, 3.8) is 0 Å². The van der Waals surface area contributed by atoms with Gasteiger partial charge in [-0.2, -0.15) is 0 Å². The van der Waals surface area contributed by atoms with Crippen molar-refractivity contribution >= 4 is 42.5 Å². The first-order valence-corrected chi connectivity index (χ1v) is 3.20. The van der Waals surface area contributed by atoms with Crippen LogP contribution in [0.1, 0.15) is 0 Å². The zero-order valence-corrected chi connectivity index (χ0v) is 10.3. The van der Waals surface area contributed by atoms with Gasteiger partial charge in [-0.25, -0.2) is 9.59 Å². The van der Waals surface area contributed by atoms with Crippen molar-refractivity contribution < 1.29 is 91.5 Å². The van der Waals surface area contributed by atoms with Crippen LogP contribution in [0.5, 0.6) is 0 Å². The summed E-state index contributed by atoms with van der Waals surface area (Å²) in [4.78, 5) is 19.6. The van der Waals surface area contributed by atoms with Crippen LogP contribution in [0.15, 0.2) is 0 Å². The average molecular weight is 253 g/mol. The molecule has 0 aliphatic carbocycles. The molecule has 0 aromatic carbocycles. The van der Waals surface area contributed by atoms with E-state index in [1.165, 1.54) is 0 Å². The summed E-state index contributed by atoms with van der Waals surface area (Å²) >= 11 is 9.54. The zero-order valence-electron chi connectivity index (χ0n) is 8.77. The van der Waals surface area contributed by atoms with E-state index in [0.717, 1.165) is 0 Å². The second-order valence-electron chi connectivity index (χ2n) is 1.47. The van der Waals surface area contributed by atoms with Gasteiger partial charge in [0.05, 0.1) is 0 Å². The number of carboxylic acid groups (broad SMARTS) is 2. The van der Waals surface area contributed by atoms with E-state index in [9.17, 15) is 9.59 Å². The average Bonchev–Trinajstić information content (AvgIpc) is 1.85. The summed E-state index contributed by atoms with van der Waals surface area (Å²) in [5.41, 5.74) is 0. The Balaban J connectivity index is -0.0000000511. The van der Waals surface area contributed by atoms with E-state index in [2.05, 4.69) is 0 Å². The molecule has 0 aliphatic rings. The molecule has 0 heterocycles. The first kappa shape index (κ1) is 30.4. The number of alkyl halides is 2. The first-order chi connectivity index (χ1) is 5.62. The third-order valence-electron chi connectivity index (χ3n) is 0.537. The van der Waals surface area contributed by atoms with Crippen LogP contribution in [0.4, 0.5) is 0 Å².